The lowest BCUT2D eigenvalue weighted by molar-refractivity contribution is -0.121. The first-order valence-electron chi connectivity index (χ1n) is 10.7. The minimum absolute atomic E-state index is 0.257. The third-order valence-electron chi connectivity index (χ3n) is 6.00. The van der Waals surface area contributed by atoms with Crippen molar-refractivity contribution in [1.29, 1.82) is 0 Å². The van der Waals surface area contributed by atoms with Gasteiger partial charge >= 0.3 is 0 Å². The summed E-state index contributed by atoms with van der Waals surface area (Å²) in [6.45, 7) is 6.51. The molecule has 1 aliphatic carbocycles. The Kier molecular flexibility index (Phi) is 4.72. The summed E-state index contributed by atoms with van der Waals surface area (Å²) >= 11 is 0. The fourth-order valence-electron chi connectivity index (χ4n) is 4.04. The quantitative estimate of drug-likeness (QED) is 0.634. The summed E-state index contributed by atoms with van der Waals surface area (Å²) in [7, 11) is 0. The van der Waals surface area contributed by atoms with Gasteiger partial charge in [-0.1, -0.05) is 0 Å². The van der Waals surface area contributed by atoms with E-state index >= 15 is 0 Å². The zero-order chi connectivity index (χ0) is 22.6. The minimum Gasteiger partial charge on any atom is -0.324 e. The molecule has 5 rings (SSSR count). The van der Waals surface area contributed by atoms with E-state index < -0.39 is 17.7 Å². The van der Waals surface area contributed by atoms with Crippen molar-refractivity contribution in [2.75, 3.05) is 16.8 Å². The van der Waals surface area contributed by atoms with E-state index in [2.05, 4.69) is 34.2 Å². The number of aromatic nitrogens is 4. The standard InChI is InChI=1S/C23H24F2N6O/c1-13(2)31-12-16(11-27-31)20-14(3)10-26-22(29-20)28-17-4-5-19-15(8-17)6-7-30(19)21(32)18-9-23(18,24)25/h4-5,8,10-13,18H,6-7,9H2,1-3H3,(H,26,28,29). The Balaban J connectivity index is 1.36. The molecule has 3 aromatic rings. The average Bonchev–Trinajstić information content (AvgIpc) is 3.14. The van der Waals surface area contributed by atoms with Crippen LogP contribution < -0.4 is 10.2 Å². The fourth-order valence-corrected chi connectivity index (χ4v) is 4.04. The second-order valence-electron chi connectivity index (χ2n) is 8.75. The van der Waals surface area contributed by atoms with Crippen molar-refractivity contribution in [3.05, 3.63) is 47.9 Å². The van der Waals surface area contributed by atoms with Gasteiger partial charge in [-0.15, -0.1) is 0 Å². The van der Waals surface area contributed by atoms with Gasteiger partial charge < -0.3 is 10.2 Å². The molecular formula is C23H24F2N6O. The molecule has 1 aromatic carbocycles. The van der Waals surface area contributed by atoms with Crippen LogP contribution in [0.2, 0.25) is 0 Å². The number of carbonyl (C=O) groups excluding carboxylic acids is 1. The Morgan fingerprint density at radius 1 is 1.28 bits per heavy atom. The zero-order valence-electron chi connectivity index (χ0n) is 18.1. The van der Waals surface area contributed by atoms with Crippen LogP contribution in [0.15, 0.2) is 36.8 Å². The third-order valence-corrected chi connectivity index (χ3v) is 6.00. The number of nitrogens with one attached hydrogen (secondary N) is 1. The highest BCUT2D eigenvalue weighted by molar-refractivity contribution is 5.99. The normalized spacial score (nSPS) is 18.7. The molecule has 1 saturated carbocycles. The summed E-state index contributed by atoms with van der Waals surface area (Å²) in [4.78, 5) is 23.0. The van der Waals surface area contributed by atoms with Crippen LogP contribution in [0.4, 0.5) is 26.1 Å². The predicted molar refractivity (Wildman–Crippen MR) is 117 cm³/mol. The van der Waals surface area contributed by atoms with Gasteiger partial charge in [0.2, 0.25) is 11.9 Å². The van der Waals surface area contributed by atoms with Crippen LogP contribution in [-0.2, 0) is 11.2 Å². The van der Waals surface area contributed by atoms with Gasteiger partial charge in [0.15, 0.2) is 0 Å². The summed E-state index contributed by atoms with van der Waals surface area (Å²) in [6.07, 6.45) is 5.81. The highest BCUT2D eigenvalue weighted by atomic mass is 19.3. The Morgan fingerprint density at radius 3 is 2.75 bits per heavy atom. The van der Waals surface area contributed by atoms with Crippen molar-refractivity contribution in [1.82, 2.24) is 19.7 Å². The van der Waals surface area contributed by atoms with Crippen LogP contribution in [-0.4, -0.2) is 38.1 Å². The van der Waals surface area contributed by atoms with Crippen LogP contribution in [0.25, 0.3) is 11.3 Å². The Bertz CT molecular complexity index is 1200. The SMILES string of the molecule is Cc1cnc(Nc2ccc3c(c2)CCN3C(=O)C2CC2(F)F)nc1-c1cnn(C(C)C)c1. The highest BCUT2D eigenvalue weighted by Gasteiger charge is 2.62. The maximum absolute atomic E-state index is 13.3. The fraction of sp³-hybridized carbons (Fsp3) is 0.391. The van der Waals surface area contributed by atoms with Gasteiger partial charge in [-0.05, 0) is 56.5 Å². The molecular weight excluding hydrogens is 414 g/mol. The number of rotatable bonds is 5. The number of halogens is 2. The summed E-state index contributed by atoms with van der Waals surface area (Å²) in [5.41, 5.74) is 5.09. The molecule has 3 heterocycles. The maximum atomic E-state index is 13.3. The first-order valence-corrected chi connectivity index (χ1v) is 10.7. The van der Waals surface area contributed by atoms with E-state index in [1.165, 1.54) is 4.90 Å². The van der Waals surface area contributed by atoms with Crippen LogP contribution in [0, 0.1) is 12.8 Å². The molecule has 166 valence electrons. The van der Waals surface area contributed by atoms with Gasteiger partial charge in [0.1, 0.15) is 5.92 Å². The van der Waals surface area contributed by atoms with Gasteiger partial charge in [-0.3, -0.25) is 9.48 Å². The lowest BCUT2D eigenvalue weighted by Gasteiger charge is -2.17. The monoisotopic (exact) mass is 438 g/mol. The molecule has 9 heteroatoms. The van der Waals surface area contributed by atoms with Gasteiger partial charge in [0.25, 0.3) is 5.92 Å². The van der Waals surface area contributed by atoms with Gasteiger partial charge in [0.05, 0.1) is 11.9 Å². The number of aryl methyl sites for hydroxylation is 1. The zero-order valence-corrected chi connectivity index (χ0v) is 18.1. The summed E-state index contributed by atoms with van der Waals surface area (Å²) < 4.78 is 28.5. The molecule has 1 amide bonds. The molecule has 32 heavy (non-hydrogen) atoms. The Hall–Kier alpha value is -3.36. The van der Waals surface area contributed by atoms with Gasteiger partial charge in [-0.25, -0.2) is 18.7 Å². The van der Waals surface area contributed by atoms with Crippen molar-refractivity contribution in [2.45, 2.75) is 45.6 Å². The van der Waals surface area contributed by atoms with Crippen molar-refractivity contribution in [2.24, 2.45) is 5.92 Å². The number of alkyl halides is 2. The van der Waals surface area contributed by atoms with E-state index in [-0.39, 0.29) is 12.5 Å². The molecule has 1 aliphatic heterocycles. The number of hydrogen-bond donors (Lipinski definition) is 1. The van der Waals surface area contributed by atoms with E-state index in [0.29, 0.717) is 24.6 Å². The highest BCUT2D eigenvalue weighted by Crippen LogP contribution is 2.50. The van der Waals surface area contributed by atoms with Crippen molar-refractivity contribution in [3.63, 3.8) is 0 Å². The van der Waals surface area contributed by atoms with Crippen molar-refractivity contribution < 1.29 is 13.6 Å². The molecule has 0 radical (unpaired) electrons. The molecule has 0 saturated heterocycles. The van der Waals surface area contributed by atoms with E-state index in [4.69, 9.17) is 0 Å². The second-order valence-corrected chi connectivity index (χ2v) is 8.75. The molecule has 2 aliphatic rings. The number of nitrogens with zero attached hydrogens (tertiary/aromatic N) is 5. The van der Waals surface area contributed by atoms with E-state index in [0.717, 1.165) is 28.1 Å². The molecule has 1 N–H and O–H groups in total. The first-order chi connectivity index (χ1) is 15.2. The number of anilines is 3. The van der Waals surface area contributed by atoms with Crippen LogP contribution >= 0.6 is 0 Å². The molecule has 1 atom stereocenters. The number of fused-ring (bicyclic) bond motifs is 1. The maximum Gasteiger partial charge on any atom is 0.260 e. The molecule has 7 nitrogen and oxygen atoms in total. The van der Waals surface area contributed by atoms with E-state index in [1.54, 1.807) is 18.5 Å². The Labute approximate surface area is 184 Å². The molecule has 2 aromatic heterocycles. The van der Waals surface area contributed by atoms with Gasteiger partial charge in [-0.2, -0.15) is 5.10 Å². The summed E-state index contributed by atoms with van der Waals surface area (Å²) in [5, 5.41) is 7.61. The van der Waals surface area contributed by atoms with Crippen LogP contribution in [0.3, 0.4) is 0 Å². The molecule has 1 unspecified atom stereocenters. The van der Waals surface area contributed by atoms with Crippen LogP contribution in [0.5, 0.6) is 0 Å². The lowest BCUT2D eigenvalue weighted by Crippen LogP contribution is -2.31. The topological polar surface area (TPSA) is 75.9 Å². The lowest BCUT2D eigenvalue weighted by atomic mass is 10.1. The van der Waals surface area contributed by atoms with Crippen molar-refractivity contribution >= 4 is 23.2 Å². The van der Waals surface area contributed by atoms with Crippen LogP contribution in [0.1, 0.15) is 37.4 Å². The summed E-state index contributed by atoms with van der Waals surface area (Å²) in [6, 6.07) is 5.79. The first kappa shape index (κ1) is 20.5. The van der Waals surface area contributed by atoms with E-state index in [1.807, 2.05) is 29.9 Å². The summed E-state index contributed by atoms with van der Waals surface area (Å²) in [5.74, 6) is -4.06. The molecule has 1 fully saturated rings. The number of carbonyl (C=O) groups is 1. The Morgan fingerprint density at radius 2 is 2.06 bits per heavy atom. The second kappa shape index (κ2) is 7.36. The number of amides is 1. The number of hydrogen-bond acceptors (Lipinski definition) is 5. The third kappa shape index (κ3) is 3.61. The molecule has 0 bridgehead atoms. The minimum atomic E-state index is -2.85. The largest absolute Gasteiger partial charge is 0.324 e. The molecule has 0 spiro atoms. The van der Waals surface area contributed by atoms with Crippen molar-refractivity contribution in [3.8, 4) is 11.3 Å². The van der Waals surface area contributed by atoms with E-state index in [9.17, 15) is 13.6 Å². The number of benzene rings is 1. The van der Waals surface area contributed by atoms with Gasteiger partial charge in [0, 0.05) is 48.3 Å². The predicted octanol–water partition coefficient (Wildman–Crippen LogP) is 4.52. The smallest absolute Gasteiger partial charge is 0.260 e. The average molecular weight is 438 g/mol.